The van der Waals surface area contributed by atoms with Gasteiger partial charge in [-0.25, -0.2) is 0 Å². The summed E-state index contributed by atoms with van der Waals surface area (Å²) < 4.78 is 0. The molecule has 1 atom stereocenters. The highest BCUT2D eigenvalue weighted by Gasteiger charge is 2.31. The molecule has 2 fully saturated rings. The predicted molar refractivity (Wildman–Crippen MR) is 71.7 cm³/mol. The molecule has 0 radical (unpaired) electrons. The molecule has 1 N–H and O–H groups in total. The lowest BCUT2D eigenvalue weighted by Crippen LogP contribution is -2.49. The van der Waals surface area contributed by atoms with Gasteiger partial charge in [0.1, 0.15) is 0 Å². The van der Waals surface area contributed by atoms with E-state index in [-0.39, 0.29) is 5.92 Å². The van der Waals surface area contributed by atoms with Crippen molar-refractivity contribution in [3.8, 4) is 0 Å². The van der Waals surface area contributed by atoms with Gasteiger partial charge in [0.05, 0.1) is 5.92 Å². The molecule has 0 bridgehead atoms. The molecule has 1 saturated heterocycles. The quantitative estimate of drug-likeness (QED) is 0.832. The van der Waals surface area contributed by atoms with Crippen LogP contribution in [0.2, 0.25) is 0 Å². The molecular formula is C14H26N2O2. The normalized spacial score (nSPS) is 34.7. The Morgan fingerprint density at radius 2 is 1.83 bits per heavy atom. The van der Waals surface area contributed by atoms with E-state index < -0.39 is 5.97 Å². The zero-order valence-electron chi connectivity index (χ0n) is 11.6. The molecule has 0 amide bonds. The summed E-state index contributed by atoms with van der Waals surface area (Å²) in [6.45, 7) is 2.38. The zero-order chi connectivity index (χ0) is 13.1. The van der Waals surface area contributed by atoms with Gasteiger partial charge in [-0.15, -0.1) is 0 Å². The second kappa shape index (κ2) is 6.02. The lowest BCUT2D eigenvalue weighted by Gasteiger charge is -2.42. The van der Waals surface area contributed by atoms with E-state index in [1.807, 2.05) is 0 Å². The Morgan fingerprint density at radius 3 is 2.39 bits per heavy atom. The highest BCUT2D eigenvalue weighted by molar-refractivity contribution is 5.70. The fraction of sp³-hybridized carbons (Fsp3) is 0.929. The van der Waals surface area contributed by atoms with Gasteiger partial charge < -0.3 is 10.0 Å². The van der Waals surface area contributed by atoms with Crippen LogP contribution in [0.3, 0.4) is 0 Å². The first kappa shape index (κ1) is 13.8. The average Bonchev–Trinajstić information content (AvgIpc) is 2.38. The Morgan fingerprint density at radius 1 is 1.17 bits per heavy atom. The predicted octanol–water partition coefficient (Wildman–Crippen LogP) is 1.66. The topological polar surface area (TPSA) is 43.8 Å². The van der Waals surface area contributed by atoms with Gasteiger partial charge in [-0.05, 0) is 59.2 Å². The number of hydrogen-bond donors (Lipinski definition) is 1. The standard InChI is InChI=1S/C14H26N2O2/c1-15-9-3-4-13(10-15)16(2)12-7-5-11(6-8-12)14(17)18/h11-13H,3-10H2,1-2H3,(H,17,18). The summed E-state index contributed by atoms with van der Waals surface area (Å²) in [5.74, 6) is -0.697. The molecule has 104 valence electrons. The van der Waals surface area contributed by atoms with E-state index in [0.29, 0.717) is 12.1 Å². The van der Waals surface area contributed by atoms with E-state index in [9.17, 15) is 4.79 Å². The van der Waals surface area contributed by atoms with Crippen molar-refractivity contribution in [2.24, 2.45) is 5.92 Å². The van der Waals surface area contributed by atoms with E-state index in [0.717, 1.165) is 32.2 Å². The van der Waals surface area contributed by atoms with E-state index >= 15 is 0 Å². The van der Waals surface area contributed by atoms with Crippen molar-refractivity contribution in [3.05, 3.63) is 0 Å². The molecule has 0 aromatic rings. The van der Waals surface area contributed by atoms with Gasteiger partial charge in [0.2, 0.25) is 0 Å². The maximum atomic E-state index is 11.0. The van der Waals surface area contributed by atoms with Crippen LogP contribution in [0.25, 0.3) is 0 Å². The molecule has 1 aliphatic carbocycles. The molecule has 0 aromatic heterocycles. The summed E-state index contributed by atoms with van der Waals surface area (Å²) in [6, 6.07) is 1.26. The molecule has 1 aliphatic heterocycles. The summed E-state index contributed by atoms with van der Waals surface area (Å²) in [7, 11) is 4.43. The lowest BCUT2D eigenvalue weighted by atomic mass is 9.84. The van der Waals surface area contributed by atoms with Crippen LogP contribution in [0.4, 0.5) is 0 Å². The van der Waals surface area contributed by atoms with Crippen LogP contribution in [-0.2, 0) is 4.79 Å². The van der Waals surface area contributed by atoms with Crippen molar-refractivity contribution in [1.82, 2.24) is 9.80 Å². The van der Waals surface area contributed by atoms with Crippen LogP contribution >= 0.6 is 0 Å². The minimum absolute atomic E-state index is 0.0938. The third kappa shape index (κ3) is 3.23. The van der Waals surface area contributed by atoms with Gasteiger partial charge >= 0.3 is 5.97 Å². The largest absolute Gasteiger partial charge is 0.481 e. The van der Waals surface area contributed by atoms with Gasteiger partial charge in [0, 0.05) is 18.6 Å². The van der Waals surface area contributed by atoms with Crippen molar-refractivity contribution in [1.29, 1.82) is 0 Å². The molecule has 1 unspecified atom stereocenters. The number of aliphatic carboxylic acids is 1. The molecule has 1 heterocycles. The summed E-state index contributed by atoms with van der Waals surface area (Å²) in [4.78, 5) is 15.9. The van der Waals surface area contributed by atoms with Crippen LogP contribution in [0.1, 0.15) is 38.5 Å². The van der Waals surface area contributed by atoms with Gasteiger partial charge in [0.25, 0.3) is 0 Å². The highest BCUT2D eigenvalue weighted by Crippen LogP contribution is 2.29. The molecule has 2 rings (SSSR count). The first-order chi connectivity index (χ1) is 8.58. The fourth-order valence-corrected chi connectivity index (χ4v) is 3.50. The fourth-order valence-electron chi connectivity index (χ4n) is 3.50. The van der Waals surface area contributed by atoms with Gasteiger partial charge in [-0.2, -0.15) is 0 Å². The van der Waals surface area contributed by atoms with Gasteiger partial charge in [0.15, 0.2) is 0 Å². The molecular weight excluding hydrogens is 228 g/mol. The Bertz CT molecular complexity index is 288. The number of carbonyl (C=O) groups is 1. The Hall–Kier alpha value is -0.610. The zero-order valence-corrected chi connectivity index (χ0v) is 11.6. The number of hydrogen-bond acceptors (Lipinski definition) is 3. The van der Waals surface area contributed by atoms with Gasteiger partial charge in [-0.1, -0.05) is 0 Å². The first-order valence-electron chi connectivity index (χ1n) is 7.21. The van der Waals surface area contributed by atoms with Gasteiger partial charge in [-0.3, -0.25) is 9.69 Å². The number of carboxylic acids is 1. The van der Waals surface area contributed by atoms with E-state index in [2.05, 4.69) is 23.9 Å². The number of carboxylic acid groups (broad SMARTS) is 1. The van der Waals surface area contributed by atoms with Crippen LogP contribution < -0.4 is 0 Å². The molecule has 18 heavy (non-hydrogen) atoms. The summed E-state index contributed by atoms with van der Waals surface area (Å²) in [5.41, 5.74) is 0. The van der Waals surface area contributed by atoms with Crippen molar-refractivity contribution in [2.45, 2.75) is 50.6 Å². The SMILES string of the molecule is CN1CCCC(N(C)C2CCC(C(=O)O)CC2)C1. The Kier molecular flexibility index (Phi) is 4.62. The Labute approximate surface area is 110 Å². The number of piperidine rings is 1. The number of likely N-dealkylation sites (N-methyl/N-ethyl adjacent to an activating group) is 2. The summed E-state index contributed by atoms with van der Waals surface area (Å²) in [6.07, 6.45) is 6.39. The molecule has 4 nitrogen and oxygen atoms in total. The molecule has 4 heteroatoms. The number of nitrogens with zero attached hydrogens (tertiary/aromatic N) is 2. The van der Waals surface area contributed by atoms with Crippen molar-refractivity contribution >= 4 is 5.97 Å². The molecule has 1 saturated carbocycles. The Balaban J connectivity index is 1.83. The third-order valence-electron chi connectivity index (χ3n) is 4.80. The van der Waals surface area contributed by atoms with Crippen LogP contribution in [0, 0.1) is 5.92 Å². The van der Waals surface area contributed by atoms with Crippen molar-refractivity contribution in [3.63, 3.8) is 0 Å². The maximum Gasteiger partial charge on any atom is 0.306 e. The average molecular weight is 254 g/mol. The second-order valence-corrected chi connectivity index (χ2v) is 6.07. The van der Waals surface area contributed by atoms with E-state index in [4.69, 9.17) is 5.11 Å². The summed E-state index contributed by atoms with van der Waals surface area (Å²) >= 11 is 0. The maximum absolute atomic E-state index is 11.0. The number of likely N-dealkylation sites (tertiary alicyclic amines) is 1. The van der Waals surface area contributed by atoms with E-state index in [1.165, 1.54) is 19.4 Å². The molecule has 0 spiro atoms. The second-order valence-electron chi connectivity index (χ2n) is 6.07. The minimum atomic E-state index is -0.603. The van der Waals surface area contributed by atoms with Crippen molar-refractivity contribution < 1.29 is 9.90 Å². The van der Waals surface area contributed by atoms with Crippen molar-refractivity contribution in [2.75, 3.05) is 27.2 Å². The third-order valence-corrected chi connectivity index (χ3v) is 4.80. The summed E-state index contributed by atoms with van der Waals surface area (Å²) in [5, 5.41) is 9.03. The lowest BCUT2D eigenvalue weighted by molar-refractivity contribution is -0.143. The van der Waals surface area contributed by atoms with Crippen LogP contribution in [-0.4, -0.2) is 60.1 Å². The molecule has 0 aromatic carbocycles. The minimum Gasteiger partial charge on any atom is -0.481 e. The first-order valence-corrected chi connectivity index (χ1v) is 7.21. The van der Waals surface area contributed by atoms with E-state index in [1.54, 1.807) is 0 Å². The monoisotopic (exact) mass is 254 g/mol. The van der Waals surface area contributed by atoms with Crippen LogP contribution in [0.5, 0.6) is 0 Å². The molecule has 2 aliphatic rings. The highest BCUT2D eigenvalue weighted by atomic mass is 16.4. The number of rotatable bonds is 3. The smallest absolute Gasteiger partial charge is 0.306 e. The van der Waals surface area contributed by atoms with Crippen LogP contribution in [0.15, 0.2) is 0 Å².